The first kappa shape index (κ1) is 38.1. The quantitative estimate of drug-likeness (QED) is 0.0495. The maximum Gasteiger partial charge on any atom is 0.362 e. The lowest BCUT2D eigenvalue weighted by molar-refractivity contribution is -0.968. The second-order valence-electron chi connectivity index (χ2n) is 11.8. The molecule has 0 spiro atoms. The zero-order valence-electron chi connectivity index (χ0n) is 26.2. The molecule has 0 radical (unpaired) electrons. The fourth-order valence-corrected chi connectivity index (χ4v) is 6.02. The first-order valence-corrected chi connectivity index (χ1v) is 16.3. The molecule has 7 heteroatoms. The number of aliphatic carboxylic acids is 3. The summed E-state index contributed by atoms with van der Waals surface area (Å²) < 4.78 is -0.475. The van der Waals surface area contributed by atoms with E-state index in [1.165, 1.54) is 124 Å². The predicted octanol–water partition coefficient (Wildman–Crippen LogP) is 8.60. The molecule has 0 heterocycles. The van der Waals surface area contributed by atoms with Gasteiger partial charge in [-0.2, -0.15) is 0 Å². The molecule has 0 aromatic carbocycles. The Labute approximate surface area is 245 Å². The molecule has 0 fully saturated rings. The highest BCUT2D eigenvalue weighted by Crippen LogP contribution is 2.28. The lowest BCUT2D eigenvalue weighted by atomic mass is 9.99. The number of quaternary nitrogens is 1. The topological polar surface area (TPSA) is 112 Å². The van der Waals surface area contributed by atoms with Gasteiger partial charge in [-0.15, -0.1) is 0 Å². The van der Waals surface area contributed by atoms with E-state index in [-0.39, 0.29) is 6.54 Å². The molecule has 0 saturated heterocycles. The zero-order valence-corrected chi connectivity index (χ0v) is 26.2. The van der Waals surface area contributed by atoms with Gasteiger partial charge in [-0.3, -0.25) is 4.48 Å². The lowest BCUT2D eigenvalue weighted by Crippen LogP contribution is -2.70. The minimum absolute atomic E-state index is 0.228. The summed E-state index contributed by atoms with van der Waals surface area (Å²) in [6, 6.07) is -3.36. The van der Waals surface area contributed by atoms with Crippen LogP contribution in [0, 0.1) is 0 Å². The summed E-state index contributed by atoms with van der Waals surface area (Å²) in [5.41, 5.74) is 0. The lowest BCUT2D eigenvalue weighted by Gasteiger charge is -2.47. The number of carbonyl (C=O) groups is 3. The van der Waals surface area contributed by atoms with Crippen molar-refractivity contribution in [2.24, 2.45) is 0 Å². The molecule has 0 aliphatic carbocycles. The monoisotopic (exact) mass is 568 g/mol. The first-order valence-electron chi connectivity index (χ1n) is 16.3. The molecule has 40 heavy (non-hydrogen) atoms. The average Bonchev–Trinajstić information content (AvgIpc) is 2.92. The molecule has 234 valence electrons. The minimum atomic E-state index is -1.17. The van der Waals surface area contributed by atoms with Crippen molar-refractivity contribution in [1.82, 2.24) is 0 Å². The third kappa shape index (κ3) is 15.8. The van der Waals surface area contributed by atoms with Gasteiger partial charge in [-0.25, -0.2) is 14.4 Å². The van der Waals surface area contributed by atoms with Crippen LogP contribution < -0.4 is 0 Å². The van der Waals surface area contributed by atoms with E-state index >= 15 is 0 Å². The van der Waals surface area contributed by atoms with Crippen LogP contribution in [-0.4, -0.2) is 62.4 Å². The van der Waals surface area contributed by atoms with E-state index in [0.717, 1.165) is 19.3 Å². The smallest absolute Gasteiger partial charge is 0.362 e. The number of nitrogens with zero attached hydrogens (tertiary/aromatic N) is 1. The van der Waals surface area contributed by atoms with Crippen molar-refractivity contribution in [3.8, 4) is 0 Å². The largest absolute Gasteiger partial charge is 0.477 e. The molecule has 0 aliphatic heterocycles. The molecule has 3 atom stereocenters. The van der Waals surface area contributed by atoms with Crippen molar-refractivity contribution in [2.75, 3.05) is 6.54 Å². The van der Waals surface area contributed by atoms with Gasteiger partial charge in [-0.05, 0) is 53.4 Å². The molecule has 0 aliphatic rings. The summed E-state index contributed by atoms with van der Waals surface area (Å²) in [6.45, 7) is 6.60. The number of hydrogen-bond donors (Lipinski definition) is 3. The molecule has 3 N–H and O–H groups in total. The zero-order chi connectivity index (χ0) is 30.2. The molecule has 0 bridgehead atoms. The highest BCUT2D eigenvalue weighted by molar-refractivity contribution is 5.77. The fourth-order valence-electron chi connectivity index (χ4n) is 6.02. The Kier molecular flexibility index (Phi) is 22.7. The molecular formula is C33H62NO6+. The Balaban J connectivity index is 3.94. The molecule has 0 amide bonds. The summed E-state index contributed by atoms with van der Waals surface area (Å²) in [4.78, 5) is 35.5. The van der Waals surface area contributed by atoms with Gasteiger partial charge in [0.25, 0.3) is 0 Å². The molecule has 0 saturated carbocycles. The Morgan fingerprint density at radius 2 is 0.750 bits per heavy atom. The maximum atomic E-state index is 11.8. The van der Waals surface area contributed by atoms with Crippen molar-refractivity contribution in [3.63, 3.8) is 0 Å². The van der Waals surface area contributed by atoms with Crippen molar-refractivity contribution < 1.29 is 34.2 Å². The highest BCUT2D eigenvalue weighted by Gasteiger charge is 2.52. The third-order valence-electron chi connectivity index (χ3n) is 8.89. The summed E-state index contributed by atoms with van der Waals surface area (Å²) in [6.07, 6.45) is 29.3. The fraction of sp³-hybridized carbons (Fsp3) is 0.848. The van der Waals surface area contributed by atoms with E-state index in [2.05, 4.69) is 19.1 Å². The van der Waals surface area contributed by atoms with Gasteiger partial charge in [-0.1, -0.05) is 115 Å². The van der Waals surface area contributed by atoms with Crippen LogP contribution in [0.5, 0.6) is 0 Å². The van der Waals surface area contributed by atoms with Crippen LogP contribution in [0.15, 0.2) is 12.2 Å². The van der Waals surface area contributed by atoms with Gasteiger partial charge >= 0.3 is 17.9 Å². The maximum absolute atomic E-state index is 11.8. The Hall–Kier alpha value is -1.89. The average molecular weight is 569 g/mol. The Bertz CT molecular complexity index is 657. The SMILES string of the molecule is C/C=C/CCCCCCCCCCCCCCCCCCCCC[N+](C(C)C(=O)O)(C(C)C(=O)O)C(C)C(=O)O. The van der Waals surface area contributed by atoms with Crippen LogP contribution >= 0.6 is 0 Å². The van der Waals surface area contributed by atoms with E-state index in [0.29, 0.717) is 6.42 Å². The van der Waals surface area contributed by atoms with E-state index in [1.807, 2.05) is 0 Å². The first-order chi connectivity index (χ1) is 19.1. The van der Waals surface area contributed by atoms with Gasteiger partial charge in [0.1, 0.15) is 0 Å². The highest BCUT2D eigenvalue weighted by atomic mass is 16.4. The van der Waals surface area contributed by atoms with Crippen LogP contribution in [0.4, 0.5) is 0 Å². The number of hydrogen-bond acceptors (Lipinski definition) is 3. The van der Waals surface area contributed by atoms with Gasteiger partial charge < -0.3 is 15.3 Å². The minimum Gasteiger partial charge on any atom is -0.477 e. The second kappa shape index (κ2) is 23.8. The van der Waals surface area contributed by atoms with Crippen LogP contribution in [0.1, 0.15) is 156 Å². The van der Waals surface area contributed by atoms with Gasteiger partial charge in [0.2, 0.25) is 0 Å². The van der Waals surface area contributed by atoms with E-state index in [4.69, 9.17) is 0 Å². The number of allylic oxidation sites excluding steroid dienone is 2. The van der Waals surface area contributed by atoms with Crippen LogP contribution in [0.2, 0.25) is 0 Å². The summed E-state index contributed by atoms with van der Waals surface area (Å²) in [5.74, 6) is -3.50. The predicted molar refractivity (Wildman–Crippen MR) is 164 cm³/mol. The number of carboxylic acid groups (broad SMARTS) is 3. The van der Waals surface area contributed by atoms with Crippen molar-refractivity contribution in [1.29, 1.82) is 0 Å². The summed E-state index contributed by atoms with van der Waals surface area (Å²) in [7, 11) is 0. The van der Waals surface area contributed by atoms with E-state index < -0.39 is 40.5 Å². The van der Waals surface area contributed by atoms with Crippen molar-refractivity contribution in [3.05, 3.63) is 12.2 Å². The Morgan fingerprint density at radius 3 is 1.00 bits per heavy atom. The molecule has 0 aromatic heterocycles. The normalized spacial score (nSPS) is 15.5. The Morgan fingerprint density at radius 1 is 0.500 bits per heavy atom. The number of carboxylic acids is 3. The van der Waals surface area contributed by atoms with Gasteiger partial charge in [0.15, 0.2) is 18.1 Å². The molecular weight excluding hydrogens is 506 g/mol. The molecule has 0 rings (SSSR count). The van der Waals surface area contributed by atoms with Gasteiger partial charge in [0.05, 0.1) is 6.54 Å². The standard InChI is InChI=1S/C33H61NO6/c1-5-6-7-8-9-10-11-12-13-14-15-16-17-18-19-20-21-22-23-24-25-26-27-34(28(2)31(35)36,29(3)32(37)38)30(4)33(39)40/h5-6,28-30H,7-27H2,1-4H3,(H2-,35,36,37,38,39,40)/p+1/b6-5+. The van der Waals surface area contributed by atoms with Crippen molar-refractivity contribution in [2.45, 2.75) is 174 Å². The molecule has 0 aromatic rings. The van der Waals surface area contributed by atoms with E-state index in [1.54, 1.807) is 0 Å². The third-order valence-corrected chi connectivity index (χ3v) is 8.89. The van der Waals surface area contributed by atoms with Crippen LogP contribution in [0.25, 0.3) is 0 Å². The number of rotatable bonds is 28. The van der Waals surface area contributed by atoms with Crippen LogP contribution in [-0.2, 0) is 14.4 Å². The van der Waals surface area contributed by atoms with Crippen LogP contribution in [0.3, 0.4) is 0 Å². The summed E-state index contributed by atoms with van der Waals surface area (Å²) in [5, 5.41) is 29.0. The van der Waals surface area contributed by atoms with Crippen molar-refractivity contribution >= 4 is 17.9 Å². The molecule has 3 unspecified atom stereocenters. The molecule has 7 nitrogen and oxygen atoms in total. The summed E-state index contributed by atoms with van der Waals surface area (Å²) >= 11 is 0. The number of unbranched alkanes of at least 4 members (excludes halogenated alkanes) is 19. The second-order valence-corrected chi connectivity index (χ2v) is 11.8. The van der Waals surface area contributed by atoms with E-state index in [9.17, 15) is 29.7 Å². The van der Waals surface area contributed by atoms with Gasteiger partial charge in [0, 0.05) is 0 Å².